The first-order valence-electron chi connectivity index (χ1n) is 5.02. The Kier molecular flexibility index (Phi) is 1.96. The summed E-state index contributed by atoms with van der Waals surface area (Å²) < 4.78 is 12.7. The van der Waals surface area contributed by atoms with Gasteiger partial charge in [0.25, 0.3) is 0 Å². The topological polar surface area (TPSA) is 28.7 Å². The first-order chi connectivity index (χ1) is 7.83. The van der Waals surface area contributed by atoms with Crippen molar-refractivity contribution in [3.8, 4) is 11.1 Å². The molecule has 0 amide bonds. The van der Waals surface area contributed by atoms with Crippen LogP contribution >= 0.6 is 0 Å². The van der Waals surface area contributed by atoms with Crippen LogP contribution in [0, 0.1) is 5.95 Å². The van der Waals surface area contributed by atoms with Gasteiger partial charge in [-0.25, -0.2) is 4.98 Å². The quantitative estimate of drug-likeness (QED) is 0.615. The number of pyridine rings is 1. The molecule has 3 rings (SSSR count). The van der Waals surface area contributed by atoms with Crippen molar-refractivity contribution in [1.82, 2.24) is 9.97 Å². The molecule has 0 aliphatic heterocycles. The Morgan fingerprint density at radius 2 is 1.88 bits per heavy atom. The Morgan fingerprint density at radius 3 is 2.69 bits per heavy atom. The molecule has 0 saturated heterocycles. The highest BCUT2D eigenvalue weighted by Crippen LogP contribution is 2.23. The first kappa shape index (κ1) is 9.09. The monoisotopic (exact) mass is 212 g/mol. The number of rotatable bonds is 1. The van der Waals surface area contributed by atoms with E-state index in [1.54, 1.807) is 12.3 Å². The normalized spacial score (nSPS) is 10.8. The molecule has 1 N–H and O–H groups in total. The number of hydrogen-bond donors (Lipinski definition) is 1. The Hall–Kier alpha value is -2.16. The van der Waals surface area contributed by atoms with Gasteiger partial charge in [0, 0.05) is 23.5 Å². The molecule has 2 heterocycles. The molecule has 0 unspecified atom stereocenters. The first-order valence-corrected chi connectivity index (χ1v) is 5.02. The third-order valence-corrected chi connectivity index (χ3v) is 2.61. The lowest BCUT2D eigenvalue weighted by atomic mass is 10.1. The van der Waals surface area contributed by atoms with Crippen LogP contribution in [0.3, 0.4) is 0 Å². The molecule has 3 aromatic rings. The van der Waals surface area contributed by atoms with Crippen LogP contribution in [0.2, 0.25) is 0 Å². The summed E-state index contributed by atoms with van der Waals surface area (Å²) in [7, 11) is 0. The summed E-state index contributed by atoms with van der Waals surface area (Å²) >= 11 is 0. The number of nitrogens with zero attached hydrogens (tertiary/aromatic N) is 1. The van der Waals surface area contributed by atoms with Crippen LogP contribution in [0.5, 0.6) is 0 Å². The molecule has 0 fully saturated rings. The largest absolute Gasteiger partial charge is 0.361 e. The molecule has 16 heavy (non-hydrogen) atoms. The molecule has 1 aromatic carbocycles. The van der Waals surface area contributed by atoms with Crippen LogP contribution in [0.4, 0.5) is 4.39 Å². The summed E-state index contributed by atoms with van der Waals surface area (Å²) in [4.78, 5) is 6.78. The predicted molar refractivity (Wildman–Crippen MR) is 61.5 cm³/mol. The van der Waals surface area contributed by atoms with Crippen LogP contribution < -0.4 is 0 Å². The summed E-state index contributed by atoms with van der Waals surface area (Å²) in [5.74, 6) is -0.452. The van der Waals surface area contributed by atoms with Crippen LogP contribution in [0.15, 0.2) is 48.8 Å². The van der Waals surface area contributed by atoms with Crippen LogP contribution in [-0.4, -0.2) is 9.97 Å². The van der Waals surface area contributed by atoms with Crippen molar-refractivity contribution >= 4 is 10.9 Å². The van der Waals surface area contributed by atoms with Gasteiger partial charge in [-0.3, -0.25) is 0 Å². The number of halogens is 1. The lowest BCUT2D eigenvalue weighted by Gasteiger charge is -2.01. The Morgan fingerprint density at radius 1 is 1.00 bits per heavy atom. The average Bonchev–Trinajstić information content (AvgIpc) is 2.77. The Labute approximate surface area is 91.8 Å². The molecule has 0 atom stereocenters. The van der Waals surface area contributed by atoms with Crippen molar-refractivity contribution in [1.29, 1.82) is 0 Å². The molecule has 0 bridgehead atoms. The third-order valence-electron chi connectivity index (χ3n) is 2.61. The minimum Gasteiger partial charge on any atom is -0.361 e. The van der Waals surface area contributed by atoms with Gasteiger partial charge in [0.05, 0.1) is 0 Å². The fourth-order valence-corrected chi connectivity index (χ4v) is 1.78. The van der Waals surface area contributed by atoms with Crippen molar-refractivity contribution in [3.05, 3.63) is 54.7 Å². The average molecular weight is 212 g/mol. The highest BCUT2D eigenvalue weighted by atomic mass is 19.1. The van der Waals surface area contributed by atoms with Crippen molar-refractivity contribution in [2.24, 2.45) is 0 Å². The maximum absolute atomic E-state index is 12.7. The number of fused-ring (bicyclic) bond motifs is 1. The fraction of sp³-hybridized carbons (Fsp3) is 0. The van der Waals surface area contributed by atoms with Crippen molar-refractivity contribution in [2.75, 3.05) is 0 Å². The molecule has 0 spiro atoms. The zero-order valence-corrected chi connectivity index (χ0v) is 8.44. The van der Waals surface area contributed by atoms with Crippen molar-refractivity contribution in [2.45, 2.75) is 0 Å². The van der Waals surface area contributed by atoms with E-state index in [9.17, 15) is 4.39 Å². The van der Waals surface area contributed by atoms with Crippen LogP contribution in [0.1, 0.15) is 0 Å². The molecular weight excluding hydrogens is 203 g/mol. The SMILES string of the molecule is Fc1ccc(-c2ccc3[nH]ccc3c2)cn1. The molecule has 2 nitrogen and oxygen atoms in total. The van der Waals surface area contributed by atoms with Gasteiger partial charge in [0.15, 0.2) is 0 Å². The third kappa shape index (κ3) is 1.46. The van der Waals surface area contributed by atoms with Gasteiger partial charge >= 0.3 is 0 Å². The summed E-state index contributed by atoms with van der Waals surface area (Å²) in [5.41, 5.74) is 3.06. The molecule has 0 aliphatic carbocycles. The lowest BCUT2D eigenvalue weighted by molar-refractivity contribution is 0.584. The number of hydrogen-bond acceptors (Lipinski definition) is 1. The fourth-order valence-electron chi connectivity index (χ4n) is 1.78. The van der Waals surface area contributed by atoms with Gasteiger partial charge < -0.3 is 4.98 Å². The molecule has 3 heteroatoms. The zero-order valence-electron chi connectivity index (χ0n) is 8.44. The summed E-state index contributed by atoms with van der Waals surface area (Å²) in [5, 5.41) is 1.14. The van der Waals surface area contributed by atoms with E-state index in [0.29, 0.717) is 0 Å². The van der Waals surface area contributed by atoms with Crippen molar-refractivity contribution < 1.29 is 4.39 Å². The van der Waals surface area contributed by atoms with E-state index in [1.165, 1.54) is 6.07 Å². The maximum Gasteiger partial charge on any atom is 0.212 e. The minimum absolute atomic E-state index is 0.452. The number of benzene rings is 1. The second kappa shape index (κ2) is 3.45. The van der Waals surface area contributed by atoms with Gasteiger partial charge in [0.1, 0.15) is 0 Å². The van der Waals surface area contributed by atoms with Gasteiger partial charge in [-0.05, 0) is 41.3 Å². The van der Waals surface area contributed by atoms with Gasteiger partial charge in [-0.2, -0.15) is 4.39 Å². The van der Waals surface area contributed by atoms with E-state index >= 15 is 0 Å². The summed E-state index contributed by atoms with van der Waals surface area (Å²) in [6.45, 7) is 0. The maximum atomic E-state index is 12.7. The van der Waals surface area contributed by atoms with Crippen LogP contribution in [0.25, 0.3) is 22.0 Å². The lowest BCUT2D eigenvalue weighted by Crippen LogP contribution is -1.83. The van der Waals surface area contributed by atoms with Crippen molar-refractivity contribution in [3.63, 3.8) is 0 Å². The van der Waals surface area contributed by atoms with E-state index in [4.69, 9.17) is 0 Å². The second-order valence-electron chi connectivity index (χ2n) is 3.65. The molecule has 2 aromatic heterocycles. The molecule has 0 saturated carbocycles. The highest BCUT2D eigenvalue weighted by molar-refractivity contribution is 5.84. The molecular formula is C13H9FN2. The number of aromatic amines is 1. The summed E-state index contributed by atoms with van der Waals surface area (Å²) in [6.07, 6.45) is 3.44. The second-order valence-corrected chi connectivity index (χ2v) is 3.65. The smallest absolute Gasteiger partial charge is 0.212 e. The number of aromatic nitrogens is 2. The highest BCUT2D eigenvalue weighted by Gasteiger charge is 2.01. The molecule has 0 aliphatic rings. The van der Waals surface area contributed by atoms with Crippen LogP contribution in [-0.2, 0) is 0 Å². The zero-order chi connectivity index (χ0) is 11.0. The molecule has 0 radical (unpaired) electrons. The molecule has 78 valence electrons. The summed E-state index contributed by atoms with van der Waals surface area (Å²) in [6, 6.07) is 11.2. The van der Waals surface area contributed by atoms with E-state index in [0.717, 1.165) is 22.0 Å². The van der Waals surface area contributed by atoms with E-state index in [2.05, 4.69) is 16.0 Å². The van der Waals surface area contributed by atoms with Gasteiger partial charge in [0.2, 0.25) is 5.95 Å². The Bertz CT molecular complexity index is 626. The van der Waals surface area contributed by atoms with E-state index in [-0.39, 0.29) is 0 Å². The van der Waals surface area contributed by atoms with E-state index < -0.39 is 5.95 Å². The Balaban J connectivity index is 2.14. The van der Waals surface area contributed by atoms with E-state index in [1.807, 2.05) is 24.4 Å². The van der Waals surface area contributed by atoms with Gasteiger partial charge in [-0.15, -0.1) is 0 Å². The minimum atomic E-state index is -0.452. The number of H-pyrrole nitrogens is 1. The number of nitrogens with one attached hydrogen (secondary N) is 1. The standard InChI is InChI=1S/C13H9FN2/c14-13-4-2-11(8-16-13)9-1-3-12-10(7-9)5-6-15-12/h1-8,15H. The predicted octanol–water partition coefficient (Wildman–Crippen LogP) is 3.37. The van der Waals surface area contributed by atoms with Gasteiger partial charge in [-0.1, -0.05) is 6.07 Å².